The number of rotatable bonds is 8. The lowest BCUT2D eigenvalue weighted by molar-refractivity contribution is -0.114. The Morgan fingerprint density at radius 3 is 2.70 bits per heavy atom. The van der Waals surface area contributed by atoms with E-state index in [9.17, 15) is 4.79 Å². The van der Waals surface area contributed by atoms with E-state index in [-0.39, 0.29) is 17.4 Å². The van der Waals surface area contributed by atoms with Crippen LogP contribution in [0.5, 0.6) is 5.75 Å². The summed E-state index contributed by atoms with van der Waals surface area (Å²) in [6, 6.07) is 7.59. The number of methoxy groups -OCH3 is 1. The van der Waals surface area contributed by atoms with Crippen molar-refractivity contribution in [1.82, 2.24) is 15.0 Å². The van der Waals surface area contributed by atoms with Gasteiger partial charge in [-0.25, -0.2) is 9.97 Å². The SMILES string of the molecule is C=CC(=O)Cc1cc(C)ccc1Nc1nc(Nc2cc(OC)cnc2Cl)ncc1C. The van der Waals surface area contributed by atoms with Crippen molar-refractivity contribution in [1.29, 1.82) is 0 Å². The molecule has 7 nitrogen and oxygen atoms in total. The van der Waals surface area contributed by atoms with Gasteiger partial charge in [-0.15, -0.1) is 0 Å². The number of benzene rings is 1. The Labute approximate surface area is 180 Å². The molecule has 0 amide bonds. The highest BCUT2D eigenvalue weighted by atomic mass is 35.5. The minimum absolute atomic E-state index is 0.0504. The number of halogens is 1. The van der Waals surface area contributed by atoms with E-state index in [4.69, 9.17) is 16.3 Å². The molecule has 0 radical (unpaired) electrons. The third kappa shape index (κ3) is 5.12. The zero-order valence-corrected chi connectivity index (χ0v) is 17.7. The van der Waals surface area contributed by atoms with Crippen LogP contribution in [0.4, 0.5) is 23.1 Å². The Hall–Kier alpha value is -3.45. The van der Waals surface area contributed by atoms with E-state index < -0.39 is 0 Å². The number of allylic oxidation sites excluding steroid dienone is 1. The van der Waals surface area contributed by atoms with Crippen molar-refractivity contribution in [3.05, 3.63) is 71.2 Å². The van der Waals surface area contributed by atoms with Gasteiger partial charge in [-0.1, -0.05) is 35.9 Å². The molecule has 0 saturated carbocycles. The second-order valence-electron chi connectivity index (χ2n) is 6.70. The average Bonchev–Trinajstić information content (AvgIpc) is 2.73. The molecule has 0 atom stereocenters. The largest absolute Gasteiger partial charge is 0.495 e. The number of nitrogens with zero attached hydrogens (tertiary/aromatic N) is 3. The van der Waals surface area contributed by atoms with Gasteiger partial charge in [0.15, 0.2) is 10.9 Å². The predicted octanol–water partition coefficient (Wildman–Crippen LogP) is 4.94. The molecule has 30 heavy (non-hydrogen) atoms. The second-order valence-corrected chi connectivity index (χ2v) is 7.05. The molecule has 2 aromatic heterocycles. The highest BCUT2D eigenvalue weighted by molar-refractivity contribution is 6.32. The molecule has 0 fully saturated rings. The lowest BCUT2D eigenvalue weighted by Gasteiger charge is -2.15. The smallest absolute Gasteiger partial charge is 0.229 e. The summed E-state index contributed by atoms with van der Waals surface area (Å²) in [4.78, 5) is 24.8. The number of ketones is 1. The fourth-order valence-electron chi connectivity index (χ4n) is 2.76. The molecule has 0 unspecified atom stereocenters. The van der Waals surface area contributed by atoms with E-state index in [1.807, 2.05) is 32.0 Å². The van der Waals surface area contributed by atoms with Gasteiger partial charge in [0.2, 0.25) is 5.95 Å². The van der Waals surface area contributed by atoms with Crippen molar-refractivity contribution in [2.24, 2.45) is 0 Å². The molecule has 3 aromatic rings. The van der Waals surface area contributed by atoms with Crippen LogP contribution in [0.15, 0.2) is 49.3 Å². The molecule has 2 heterocycles. The van der Waals surface area contributed by atoms with Gasteiger partial charge >= 0.3 is 0 Å². The van der Waals surface area contributed by atoms with Crippen LogP contribution < -0.4 is 15.4 Å². The molecular formula is C22H22ClN5O2. The van der Waals surface area contributed by atoms with Gasteiger partial charge in [-0.05, 0) is 31.6 Å². The number of aryl methyl sites for hydroxylation is 2. The third-order valence-corrected chi connectivity index (χ3v) is 4.68. The number of ether oxygens (including phenoxy) is 1. The normalized spacial score (nSPS) is 10.4. The van der Waals surface area contributed by atoms with Crippen molar-refractivity contribution in [2.75, 3.05) is 17.7 Å². The third-order valence-electron chi connectivity index (χ3n) is 4.37. The Morgan fingerprint density at radius 1 is 1.17 bits per heavy atom. The standard InChI is InChI=1S/C22H22ClN5O2/c1-5-16(29)9-15-8-13(2)6-7-18(15)26-21-14(3)11-25-22(28-21)27-19-10-17(30-4)12-24-20(19)23/h5-8,10-12H,1,9H2,2-4H3,(H2,25,26,27,28). The molecule has 0 aliphatic heterocycles. The van der Waals surface area contributed by atoms with Gasteiger partial charge in [0.05, 0.1) is 19.0 Å². The van der Waals surface area contributed by atoms with Gasteiger partial charge in [0.25, 0.3) is 0 Å². The van der Waals surface area contributed by atoms with Gasteiger partial charge in [-0.2, -0.15) is 4.98 Å². The average molecular weight is 424 g/mol. The van der Waals surface area contributed by atoms with Gasteiger partial charge in [-0.3, -0.25) is 4.79 Å². The van der Waals surface area contributed by atoms with Crippen LogP contribution in [0.3, 0.4) is 0 Å². The fraction of sp³-hybridized carbons (Fsp3) is 0.182. The van der Waals surface area contributed by atoms with E-state index >= 15 is 0 Å². The van der Waals surface area contributed by atoms with Crippen LogP contribution in [0.25, 0.3) is 0 Å². The summed E-state index contributed by atoms with van der Waals surface area (Å²) in [6.07, 6.45) is 4.81. The zero-order chi connectivity index (χ0) is 21.7. The van der Waals surface area contributed by atoms with Crippen LogP contribution >= 0.6 is 11.6 Å². The molecule has 0 aliphatic rings. The number of hydrogen-bond donors (Lipinski definition) is 2. The van der Waals surface area contributed by atoms with Crippen LogP contribution in [-0.4, -0.2) is 27.8 Å². The number of carbonyl (C=O) groups is 1. The van der Waals surface area contributed by atoms with Crippen molar-refractivity contribution in [2.45, 2.75) is 20.3 Å². The Kier molecular flexibility index (Phi) is 6.64. The molecule has 0 saturated heterocycles. The molecule has 154 valence electrons. The Bertz CT molecular complexity index is 1100. The second kappa shape index (κ2) is 9.37. The summed E-state index contributed by atoms with van der Waals surface area (Å²) in [6.45, 7) is 7.43. The maximum absolute atomic E-state index is 11.9. The van der Waals surface area contributed by atoms with E-state index in [0.717, 1.165) is 22.4 Å². The lowest BCUT2D eigenvalue weighted by atomic mass is 10.0. The molecule has 0 aliphatic carbocycles. The van der Waals surface area contributed by atoms with Crippen LogP contribution in [0.1, 0.15) is 16.7 Å². The minimum Gasteiger partial charge on any atom is -0.495 e. The number of nitrogens with one attached hydrogen (secondary N) is 2. The van der Waals surface area contributed by atoms with Crippen molar-refractivity contribution >= 4 is 40.5 Å². The van der Waals surface area contributed by atoms with Crippen LogP contribution in [0, 0.1) is 13.8 Å². The minimum atomic E-state index is -0.0504. The number of aromatic nitrogens is 3. The zero-order valence-electron chi connectivity index (χ0n) is 17.0. The van der Waals surface area contributed by atoms with Crippen molar-refractivity contribution in [3.63, 3.8) is 0 Å². The number of anilines is 4. The highest BCUT2D eigenvalue weighted by Crippen LogP contribution is 2.28. The first-order chi connectivity index (χ1) is 14.4. The van der Waals surface area contributed by atoms with E-state index in [1.165, 1.54) is 12.3 Å². The van der Waals surface area contributed by atoms with Gasteiger partial charge in [0.1, 0.15) is 11.6 Å². The van der Waals surface area contributed by atoms with Gasteiger partial charge < -0.3 is 15.4 Å². The Balaban J connectivity index is 1.90. The van der Waals surface area contributed by atoms with E-state index in [1.54, 1.807) is 19.4 Å². The van der Waals surface area contributed by atoms with Crippen LogP contribution in [0.2, 0.25) is 5.15 Å². The number of carbonyl (C=O) groups excluding carboxylic acids is 1. The fourth-order valence-corrected chi connectivity index (χ4v) is 2.91. The summed E-state index contributed by atoms with van der Waals surface area (Å²) in [5.41, 5.74) is 4.10. The monoisotopic (exact) mass is 423 g/mol. The predicted molar refractivity (Wildman–Crippen MR) is 119 cm³/mol. The number of hydrogen-bond acceptors (Lipinski definition) is 7. The quantitative estimate of drug-likeness (QED) is 0.392. The maximum atomic E-state index is 11.9. The van der Waals surface area contributed by atoms with Crippen molar-refractivity contribution < 1.29 is 9.53 Å². The summed E-state index contributed by atoms with van der Waals surface area (Å²) in [5, 5.41) is 6.65. The topological polar surface area (TPSA) is 89.0 Å². The first-order valence-electron chi connectivity index (χ1n) is 9.21. The van der Waals surface area contributed by atoms with Crippen molar-refractivity contribution in [3.8, 4) is 5.75 Å². The molecular weight excluding hydrogens is 402 g/mol. The molecule has 2 N–H and O–H groups in total. The van der Waals surface area contributed by atoms with E-state index in [0.29, 0.717) is 23.2 Å². The first kappa shape index (κ1) is 21.3. The first-order valence-corrected chi connectivity index (χ1v) is 9.59. The molecule has 8 heteroatoms. The lowest BCUT2D eigenvalue weighted by Crippen LogP contribution is -2.06. The summed E-state index contributed by atoms with van der Waals surface area (Å²) < 4.78 is 5.18. The Morgan fingerprint density at radius 2 is 1.97 bits per heavy atom. The summed E-state index contributed by atoms with van der Waals surface area (Å²) >= 11 is 6.16. The molecule has 0 spiro atoms. The molecule has 1 aromatic carbocycles. The van der Waals surface area contributed by atoms with Gasteiger partial charge in [0, 0.05) is 29.9 Å². The highest BCUT2D eigenvalue weighted by Gasteiger charge is 2.12. The van der Waals surface area contributed by atoms with Crippen LogP contribution in [-0.2, 0) is 11.2 Å². The number of pyridine rings is 1. The molecule has 0 bridgehead atoms. The summed E-state index contributed by atoms with van der Waals surface area (Å²) in [7, 11) is 1.55. The van der Waals surface area contributed by atoms with E-state index in [2.05, 4.69) is 32.2 Å². The molecule has 3 rings (SSSR count). The maximum Gasteiger partial charge on any atom is 0.229 e. The summed E-state index contributed by atoms with van der Waals surface area (Å²) in [5.74, 6) is 1.46.